The summed E-state index contributed by atoms with van der Waals surface area (Å²) in [6.45, 7) is 1.95. The van der Waals surface area contributed by atoms with E-state index in [2.05, 4.69) is 16.7 Å². The molecule has 2 aromatic rings. The van der Waals surface area contributed by atoms with E-state index in [0.717, 1.165) is 29.8 Å². The van der Waals surface area contributed by atoms with Crippen LogP contribution >= 0.6 is 11.6 Å². The van der Waals surface area contributed by atoms with Crippen molar-refractivity contribution in [2.24, 2.45) is 0 Å². The van der Waals surface area contributed by atoms with Gasteiger partial charge in [0.1, 0.15) is 6.04 Å². The quantitative estimate of drug-likeness (QED) is 0.879. The molecular weight excluding hydrogens is 284 g/mol. The molecule has 1 amide bonds. The normalized spacial score (nSPS) is 17.6. The largest absolute Gasteiger partial charge is 0.373 e. The Hall–Kier alpha value is -2.00. The fourth-order valence-electron chi connectivity index (χ4n) is 2.60. The minimum Gasteiger partial charge on any atom is -0.373 e. The lowest BCUT2D eigenvalue weighted by molar-refractivity contribution is -0.116. The second kappa shape index (κ2) is 5.78. The third-order valence-electron chi connectivity index (χ3n) is 3.89. The van der Waals surface area contributed by atoms with Crippen LogP contribution in [0.15, 0.2) is 42.5 Å². The lowest BCUT2D eigenvalue weighted by Crippen LogP contribution is -2.33. The van der Waals surface area contributed by atoms with Crippen LogP contribution in [-0.4, -0.2) is 11.9 Å². The molecule has 2 aromatic carbocycles. The molecule has 0 aliphatic carbocycles. The molecule has 1 atom stereocenters. The minimum atomic E-state index is -0.255. The van der Waals surface area contributed by atoms with Crippen molar-refractivity contribution < 1.29 is 4.79 Å². The van der Waals surface area contributed by atoms with Crippen molar-refractivity contribution in [2.75, 3.05) is 10.6 Å². The average molecular weight is 301 g/mol. The van der Waals surface area contributed by atoms with Gasteiger partial charge in [-0.3, -0.25) is 4.79 Å². The van der Waals surface area contributed by atoms with Crippen molar-refractivity contribution in [3.8, 4) is 0 Å². The number of benzene rings is 2. The van der Waals surface area contributed by atoms with Gasteiger partial charge >= 0.3 is 0 Å². The molecule has 3 rings (SSSR count). The molecule has 4 heteroatoms. The van der Waals surface area contributed by atoms with E-state index < -0.39 is 0 Å². The fourth-order valence-corrected chi connectivity index (χ4v) is 2.77. The molecule has 21 heavy (non-hydrogen) atoms. The van der Waals surface area contributed by atoms with Crippen molar-refractivity contribution in [2.45, 2.75) is 25.8 Å². The van der Waals surface area contributed by atoms with Crippen LogP contribution in [0.3, 0.4) is 0 Å². The molecule has 0 fully saturated rings. The Labute approximate surface area is 129 Å². The monoisotopic (exact) mass is 300 g/mol. The van der Waals surface area contributed by atoms with E-state index in [9.17, 15) is 4.79 Å². The highest BCUT2D eigenvalue weighted by Gasteiger charge is 2.23. The van der Waals surface area contributed by atoms with E-state index in [0.29, 0.717) is 5.02 Å². The van der Waals surface area contributed by atoms with E-state index in [1.807, 2.05) is 43.3 Å². The number of anilines is 2. The number of hydrogen-bond acceptors (Lipinski definition) is 2. The number of amides is 1. The summed E-state index contributed by atoms with van der Waals surface area (Å²) in [6, 6.07) is 13.4. The number of carbonyl (C=O) groups is 1. The van der Waals surface area contributed by atoms with Gasteiger partial charge in [0.25, 0.3) is 0 Å². The van der Waals surface area contributed by atoms with E-state index in [1.165, 1.54) is 5.56 Å². The number of para-hydroxylation sites is 1. The van der Waals surface area contributed by atoms with Gasteiger partial charge in [-0.25, -0.2) is 0 Å². The van der Waals surface area contributed by atoms with Gasteiger partial charge < -0.3 is 10.6 Å². The Morgan fingerprint density at radius 2 is 2.00 bits per heavy atom. The van der Waals surface area contributed by atoms with E-state index in [-0.39, 0.29) is 11.9 Å². The van der Waals surface area contributed by atoms with Crippen LogP contribution in [0, 0.1) is 6.92 Å². The summed E-state index contributed by atoms with van der Waals surface area (Å²) in [7, 11) is 0. The zero-order chi connectivity index (χ0) is 14.8. The minimum absolute atomic E-state index is 0.000625. The molecule has 0 spiro atoms. The van der Waals surface area contributed by atoms with Gasteiger partial charge in [0.2, 0.25) is 5.91 Å². The lowest BCUT2D eigenvalue weighted by Gasteiger charge is -2.18. The number of fused-ring (bicyclic) bond motifs is 1. The highest BCUT2D eigenvalue weighted by atomic mass is 35.5. The summed E-state index contributed by atoms with van der Waals surface area (Å²) in [6.07, 6.45) is 1.63. The van der Waals surface area contributed by atoms with Crippen molar-refractivity contribution in [3.63, 3.8) is 0 Å². The smallest absolute Gasteiger partial charge is 0.246 e. The number of rotatable bonds is 2. The summed E-state index contributed by atoms with van der Waals surface area (Å²) in [5.74, 6) is -0.000625. The van der Waals surface area contributed by atoms with E-state index in [4.69, 9.17) is 11.6 Å². The van der Waals surface area contributed by atoms with Crippen molar-refractivity contribution in [1.29, 1.82) is 0 Å². The number of carbonyl (C=O) groups excluding carboxylic acids is 1. The maximum atomic E-state index is 12.4. The van der Waals surface area contributed by atoms with Gasteiger partial charge in [0, 0.05) is 16.4 Å². The molecule has 108 valence electrons. The van der Waals surface area contributed by atoms with Crippen LogP contribution in [0.5, 0.6) is 0 Å². The van der Waals surface area contributed by atoms with Crippen LogP contribution in [-0.2, 0) is 11.2 Å². The Balaban J connectivity index is 1.82. The highest BCUT2D eigenvalue weighted by Crippen LogP contribution is 2.26. The lowest BCUT2D eigenvalue weighted by atomic mass is 10.1. The summed E-state index contributed by atoms with van der Waals surface area (Å²) in [5.41, 5.74) is 3.97. The average Bonchev–Trinajstić information content (AvgIpc) is 2.63. The standard InChI is InChI=1S/C17H17ClN2O/c1-11-13(18)6-4-8-14(11)19-16-10-9-12-5-2-3-7-15(12)20-17(16)21/h2-8,16,19H,9-10H2,1H3,(H,20,21). The topological polar surface area (TPSA) is 41.1 Å². The first-order valence-electron chi connectivity index (χ1n) is 7.05. The van der Waals surface area contributed by atoms with E-state index in [1.54, 1.807) is 0 Å². The molecule has 0 saturated carbocycles. The molecule has 2 N–H and O–H groups in total. The summed E-state index contributed by atoms with van der Waals surface area (Å²) in [4.78, 5) is 12.4. The Morgan fingerprint density at radius 3 is 2.86 bits per heavy atom. The van der Waals surface area contributed by atoms with Gasteiger partial charge in [-0.2, -0.15) is 0 Å². The van der Waals surface area contributed by atoms with Gasteiger partial charge in [-0.05, 0) is 49.1 Å². The van der Waals surface area contributed by atoms with Crippen LogP contribution in [0.25, 0.3) is 0 Å². The molecule has 0 aromatic heterocycles. The molecular formula is C17H17ClN2O. The van der Waals surface area contributed by atoms with Crippen molar-refractivity contribution in [3.05, 3.63) is 58.6 Å². The number of aryl methyl sites for hydroxylation is 1. The van der Waals surface area contributed by atoms with Gasteiger partial charge in [0.15, 0.2) is 0 Å². The summed E-state index contributed by atoms with van der Waals surface area (Å²) >= 11 is 6.13. The first-order valence-corrected chi connectivity index (χ1v) is 7.43. The fraction of sp³-hybridized carbons (Fsp3) is 0.235. The number of hydrogen-bond donors (Lipinski definition) is 2. The molecule has 3 nitrogen and oxygen atoms in total. The molecule has 1 aliphatic rings. The van der Waals surface area contributed by atoms with Gasteiger partial charge in [-0.15, -0.1) is 0 Å². The van der Waals surface area contributed by atoms with Crippen LogP contribution in [0.2, 0.25) is 5.02 Å². The number of halogens is 1. The molecule has 0 radical (unpaired) electrons. The number of nitrogens with one attached hydrogen (secondary N) is 2. The third kappa shape index (κ3) is 2.88. The SMILES string of the molecule is Cc1c(Cl)cccc1NC1CCc2ccccc2NC1=O. The molecule has 1 heterocycles. The van der Waals surface area contributed by atoms with Gasteiger partial charge in [-0.1, -0.05) is 35.9 Å². The highest BCUT2D eigenvalue weighted by molar-refractivity contribution is 6.31. The predicted molar refractivity (Wildman–Crippen MR) is 87.0 cm³/mol. The Kier molecular flexibility index (Phi) is 3.84. The van der Waals surface area contributed by atoms with Crippen LogP contribution < -0.4 is 10.6 Å². The Morgan fingerprint density at radius 1 is 1.19 bits per heavy atom. The third-order valence-corrected chi connectivity index (χ3v) is 4.30. The molecule has 0 saturated heterocycles. The summed E-state index contributed by atoms with van der Waals surface area (Å²) in [5, 5.41) is 7.02. The Bertz CT molecular complexity index is 684. The van der Waals surface area contributed by atoms with E-state index >= 15 is 0 Å². The van der Waals surface area contributed by atoms with Crippen LogP contribution in [0.4, 0.5) is 11.4 Å². The van der Waals surface area contributed by atoms with Crippen LogP contribution in [0.1, 0.15) is 17.5 Å². The zero-order valence-electron chi connectivity index (χ0n) is 11.8. The summed E-state index contributed by atoms with van der Waals surface area (Å²) < 4.78 is 0. The van der Waals surface area contributed by atoms with Gasteiger partial charge in [0.05, 0.1) is 0 Å². The maximum Gasteiger partial charge on any atom is 0.246 e. The molecule has 0 bridgehead atoms. The second-order valence-corrected chi connectivity index (χ2v) is 5.70. The first-order chi connectivity index (χ1) is 10.1. The maximum absolute atomic E-state index is 12.4. The second-order valence-electron chi connectivity index (χ2n) is 5.29. The van der Waals surface area contributed by atoms with Crippen molar-refractivity contribution in [1.82, 2.24) is 0 Å². The molecule has 1 unspecified atom stereocenters. The first kappa shape index (κ1) is 14.0. The molecule has 1 aliphatic heterocycles. The van der Waals surface area contributed by atoms with Crippen molar-refractivity contribution >= 4 is 28.9 Å². The predicted octanol–water partition coefficient (Wildman–Crippen LogP) is 4.01. The zero-order valence-corrected chi connectivity index (χ0v) is 12.6.